The number of esters is 1. The first-order chi connectivity index (χ1) is 6.22. The third-order valence-electron chi connectivity index (χ3n) is 1.32. The largest absolute Gasteiger partial charge is 0.459 e. The van der Waals surface area contributed by atoms with Gasteiger partial charge in [-0.05, 0) is 0 Å². The number of hydrogen-bond acceptors (Lipinski definition) is 4. The van der Waals surface area contributed by atoms with Crippen LogP contribution in [0.15, 0.2) is 12.4 Å². The molecule has 0 radical (unpaired) electrons. The Bertz CT molecular complexity index is 287. The van der Waals surface area contributed by atoms with Gasteiger partial charge in [0.05, 0.1) is 29.7 Å². The van der Waals surface area contributed by atoms with Crippen molar-refractivity contribution < 1.29 is 9.53 Å². The molecule has 0 saturated carbocycles. The van der Waals surface area contributed by atoms with Gasteiger partial charge in [-0.3, -0.25) is 14.8 Å². The number of rotatable bonds is 3. The number of alkyl halides is 1. The molecule has 0 N–H and O–H groups in total. The maximum atomic E-state index is 10.4. The molecule has 5 heteroatoms. The molecule has 4 nitrogen and oxygen atoms in total. The van der Waals surface area contributed by atoms with Crippen LogP contribution in [0.3, 0.4) is 0 Å². The second kappa shape index (κ2) is 4.77. The highest BCUT2D eigenvalue weighted by Crippen LogP contribution is 2.00. The minimum Gasteiger partial charge on any atom is -0.459 e. The Hall–Kier alpha value is -1.16. The Morgan fingerprint density at radius 3 is 2.54 bits per heavy atom. The van der Waals surface area contributed by atoms with E-state index in [1.807, 2.05) is 0 Å². The van der Waals surface area contributed by atoms with Gasteiger partial charge in [-0.2, -0.15) is 0 Å². The van der Waals surface area contributed by atoms with Crippen LogP contribution in [-0.2, 0) is 22.0 Å². The maximum absolute atomic E-state index is 10.4. The highest BCUT2D eigenvalue weighted by Gasteiger charge is 1.98. The van der Waals surface area contributed by atoms with E-state index in [0.717, 1.165) is 0 Å². The van der Waals surface area contributed by atoms with E-state index < -0.39 is 0 Å². The van der Waals surface area contributed by atoms with Crippen molar-refractivity contribution in [3.63, 3.8) is 0 Å². The Morgan fingerprint density at radius 2 is 2.08 bits per heavy atom. The van der Waals surface area contributed by atoms with E-state index >= 15 is 0 Å². The van der Waals surface area contributed by atoms with Crippen LogP contribution in [0.4, 0.5) is 0 Å². The van der Waals surface area contributed by atoms with Crippen LogP contribution >= 0.6 is 11.6 Å². The van der Waals surface area contributed by atoms with Crippen LogP contribution in [0.25, 0.3) is 0 Å². The first-order valence-corrected chi connectivity index (χ1v) is 4.25. The average Bonchev–Trinajstić information content (AvgIpc) is 2.15. The molecular formula is C8H9ClN2O2. The van der Waals surface area contributed by atoms with Gasteiger partial charge in [0.25, 0.3) is 0 Å². The minimum atomic E-state index is -0.330. The van der Waals surface area contributed by atoms with Crippen molar-refractivity contribution in [2.75, 3.05) is 0 Å². The van der Waals surface area contributed by atoms with E-state index in [1.165, 1.54) is 6.92 Å². The first-order valence-electron chi connectivity index (χ1n) is 3.71. The molecule has 0 atom stereocenters. The summed E-state index contributed by atoms with van der Waals surface area (Å²) in [6.45, 7) is 1.51. The Morgan fingerprint density at radius 1 is 1.46 bits per heavy atom. The number of carbonyl (C=O) groups excluding carboxylic acids is 1. The van der Waals surface area contributed by atoms with Crippen LogP contribution in [0.2, 0.25) is 0 Å². The van der Waals surface area contributed by atoms with Gasteiger partial charge in [0, 0.05) is 6.92 Å². The molecule has 0 aromatic carbocycles. The van der Waals surface area contributed by atoms with Gasteiger partial charge in [0.1, 0.15) is 6.61 Å². The summed E-state index contributed by atoms with van der Waals surface area (Å²) in [5.74, 6) is 0.00382. The van der Waals surface area contributed by atoms with Crippen molar-refractivity contribution >= 4 is 17.6 Å². The van der Waals surface area contributed by atoms with Gasteiger partial charge in [-0.25, -0.2) is 0 Å². The van der Waals surface area contributed by atoms with E-state index in [9.17, 15) is 4.79 Å². The lowest BCUT2D eigenvalue weighted by Gasteiger charge is -2.00. The van der Waals surface area contributed by atoms with Gasteiger partial charge in [0.2, 0.25) is 0 Å². The van der Waals surface area contributed by atoms with Gasteiger partial charge < -0.3 is 4.74 Å². The molecule has 0 saturated heterocycles. The Labute approximate surface area is 80.9 Å². The summed E-state index contributed by atoms with van der Waals surface area (Å²) in [4.78, 5) is 18.4. The molecule has 0 bridgehead atoms. The predicted molar refractivity (Wildman–Crippen MR) is 47.1 cm³/mol. The molecule has 70 valence electrons. The second-order valence-corrected chi connectivity index (χ2v) is 2.68. The fourth-order valence-electron chi connectivity index (χ4n) is 0.701. The zero-order valence-corrected chi connectivity index (χ0v) is 7.91. The third-order valence-corrected chi connectivity index (χ3v) is 1.59. The highest BCUT2D eigenvalue weighted by molar-refractivity contribution is 6.16. The van der Waals surface area contributed by atoms with E-state index in [4.69, 9.17) is 16.3 Å². The van der Waals surface area contributed by atoms with Crippen LogP contribution in [0, 0.1) is 0 Å². The van der Waals surface area contributed by atoms with Crippen LogP contribution < -0.4 is 0 Å². The van der Waals surface area contributed by atoms with Crippen molar-refractivity contribution in [3.8, 4) is 0 Å². The van der Waals surface area contributed by atoms with Crippen LogP contribution in [-0.4, -0.2) is 15.9 Å². The summed E-state index contributed by atoms with van der Waals surface area (Å²) in [6.07, 6.45) is 3.10. The standard InChI is InChI=1S/C8H9ClN2O2/c1-6(12)13-5-8-4-10-7(2-9)3-11-8/h3-4H,2,5H2,1H3. The van der Waals surface area contributed by atoms with Crippen molar-refractivity contribution in [1.82, 2.24) is 9.97 Å². The first kappa shape index (κ1) is 9.92. The molecule has 0 aliphatic carbocycles. The summed E-state index contributed by atoms with van der Waals surface area (Å²) in [5, 5.41) is 0. The van der Waals surface area contributed by atoms with Crippen LogP contribution in [0.5, 0.6) is 0 Å². The fourth-order valence-corrected chi connectivity index (χ4v) is 0.839. The van der Waals surface area contributed by atoms with Gasteiger partial charge in [-0.1, -0.05) is 0 Å². The monoisotopic (exact) mass is 200 g/mol. The summed E-state index contributed by atoms with van der Waals surface area (Å²) in [5.41, 5.74) is 1.32. The Kier molecular flexibility index (Phi) is 3.64. The number of hydrogen-bond donors (Lipinski definition) is 0. The zero-order valence-electron chi connectivity index (χ0n) is 7.16. The average molecular weight is 201 g/mol. The molecule has 0 aliphatic rings. The molecule has 0 amide bonds. The quantitative estimate of drug-likeness (QED) is 0.545. The molecule has 0 fully saturated rings. The molecule has 1 rings (SSSR count). The van der Waals surface area contributed by atoms with E-state index in [2.05, 4.69) is 9.97 Å². The zero-order chi connectivity index (χ0) is 9.68. The van der Waals surface area contributed by atoms with Crippen molar-refractivity contribution in [1.29, 1.82) is 0 Å². The number of nitrogens with zero attached hydrogens (tertiary/aromatic N) is 2. The molecule has 1 aromatic heterocycles. The van der Waals surface area contributed by atoms with Gasteiger partial charge in [-0.15, -0.1) is 11.6 Å². The molecule has 0 spiro atoms. The normalized spacial score (nSPS) is 9.69. The predicted octanol–water partition coefficient (Wildman–Crippen LogP) is 1.28. The van der Waals surface area contributed by atoms with Crippen molar-refractivity contribution in [2.24, 2.45) is 0 Å². The summed E-state index contributed by atoms with van der Waals surface area (Å²) in [6, 6.07) is 0. The second-order valence-electron chi connectivity index (χ2n) is 2.41. The summed E-state index contributed by atoms with van der Waals surface area (Å²) >= 11 is 5.52. The molecular weight excluding hydrogens is 192 g/mol. The van der Waals surface area contributed by atoms with E-state index in [0.29, 0.717) is 17.3 Å². The fraction of sp³-hybridized carbons (Fsp3) is 0.375. The number of aromatic nitrogens is 2. The molecule has 1 heterocycles. The van der Waals surface area contributed by atoms with Gasteiger partial charge >= 0.3 is 5.97 Å². The lowest BCUT2D eigenvalue weighted by atomic mass is 10.4. The summed E-state index contributed by atoms with van der Waals surface area (Å²) in [7, 11) is 0. The molecule has 0 aliphatic heterocycles. The SMILES string of the molecule is CC(=O)OCc1cnc(CCl)cn1. The third kappa shape index (κ3) is 3.38. The van der Waals surface area contributed by atoms with Crippen molar-refractivity contribution in [2.45, 2.75) is 19.4 Å². The van der Waals surface area contributed by atoms with E-state index in [1.54, 1.807) is 12.4 Å². The maximum Gasteiger partial charge on any atom is 0.303 e. The lowest BCUT2D eigenvalue weighted by molar-refractivity contribution is -0.142. The summed E-state index contributed by atoms with van der Waals surface area (Å²) < 4.78 is 4.73. The molecule has 1 aromatic rings. The topological polar surface area (TPSA) is 52.1 Å². The van der Waals surface area contributed by atoms with Crippen molar-refractivity contribution in [3.05, 3.63) is 23.8 Å². The highest BCUT2D eigenvalue weighted by atomic mass is 35.5. The van der Waals surface area contributed by atoms with E-state index in [-0.39, 0.29) is 12.6 Å². The van der Waals surface area contributed by atoms with Crippen LogP contribution in [0.1, 0.15) is 18.3 Å². The molecule has 13 heavy (non-hydrogen) atoms. The number of ether oxygens (including phenoxy) is 1. The number of carbonyl (C=O) groups is 1. The Balaban J connectivity index is 2.54. The minimum absolute atomic E-state index is 0.158. The lowest BCUT2D eigenvalue weighted by Crippen LogP contribution is -2.01. The smallest absolute Gasteiger partial charge is 0.303 e. The van der Waals surface area contributed by atoms with Gasteiger partial charge in [0.15, 0.2) is 0 Å². The molecule has 0 unspecified atom stereocenters. The number of halogens is 1.